The molecule has 0 bridgehead atoms. The van der Waals surface area contributed by atoms with E-state index in [1.54, 1.807) is 36.4 Å². The van der Waals surface area contributed by atoms with E-state index < -0.39 is 43.3 Å². The maximum atomic E-state index is 11.8. The molecule has 0 fully saturated rings. The van der Waals surface area contributed by atoms with Crippen molar-refractivity contribution in [3.63, 3.8) is 0 Å². The summed E-state index contributed by atoms with van der Waals surface area (Å²) in [5.74, 6) is -1.41. The zero-order chi connectivity index (χ0) is 21.0. The molecule has 3 aromatic rings. The van der Waals surface area contributed by atoms with Crippen LogP contribution in [-0.4, -0.2) is 14.8 Å². The van der Waals surface area contributed by atoms with Gasteiger partial charge in [-0.15, -0.1) is 0 Å². The summed E-state index contributed by atoms with van der Waals surface area (Å²) in [6.45, 7) is 0. The van der Waals surface area contributed by atoms with E-state index in [2.05, 4.69) is 0 Å². The molecule has 0 spiro atoms. The van der Waals surface area contributed by atoms with Crippen LogP contribution in [0, 0.1) is 30.3 Å². The van der Waals surface area contributed by atoms with E-state index in [4.69, 9.17) is 9.47 Å². The fraction of sp³-hybridized carbons (Fsp3) is 0. The van der Waals surface area contributed by atoms with Crippen LogP contribution >= 0.6 is 0 Å². The molecule has 3 aromatic carbocycles. The van der Waals surface area contributed by atoms with Gasteiger partial charge in [-0.3, -0.25) is 30.3 Å². The maximum absolute atomic E-state index is 11.8. The lowest BCUT2D eigenvalue weighted by molar-refractivity contribution is -0.405. The first-order valence-corrected chi connectivity index (χ1v) is 7.98. The molecule has 0 aliphatic rings. The predicted octanol–water partition coefficient (Wildman–Crippen LogP) is 5.00. The molecule has 0 aliphatic heterocycles. The summed E-state index contributed by atoms with van der Waals surface area (Å²) in [4.78, 5) is 31.7. The molecule has 0 atom stereocenters. The molecule has 0 N–H and O–H groups in total. The van der Waals surface area contributed by atoms with Crippen molar-refractivity contribution in [3.8, 4) is 23.0 Å². The molecule has 3 rings (SSSR count). The highest BCUT2D eigenvalue weighted by Gasteiger charge is 2.40. The quantitative estimate of drug-likeness (QED) is 0.399. The van der Waals surface area contributed by atoms with Gasteiger partial charge < -0.3 is 9.47 Å². The molecule has 11 heteroatoms. The van der Waals surface area contributed by atoms with Crippen LogP contribution in [0.2, 0.25) is 0 Å². The predicted molar refractivity (Wildman–Crippen MR) is 99.4 cm³/mol. The van der Waals surface area contributed by atoms with Crippen molar-refractivity contribution in [1.29, 1.82) is 0 Å². The first-order chi connectivity index (χ1) is 13.9. The molecule has 0 heterocycles. The molecular formula is C18H11N3O8. The standard InChI is InChI=1S/C18H11N3O8/c22-19(23)14-11-15(20(24)25)18(29-13-9-5-2-6-10-13)16(21(26)27)17(14)28-12-7-3-1-4-8-12/h1-11H. The van der Waals surface area contributed by atoms with Crippen molar-refractivity contribution in [2.45, 2.75) is 0 Å². The minimum absolute atomic E-state index is 0.0678. The van der Waals surface area contributed by atoms with Crippen molar-refractivity contribution in [1.82, 2.24) is 0 Å². The summed E-state index contributed by atoms with van der Waals surface area (Å²) in [7, 11) is 0. The molecule has 0 amide bonds. The van der Waals surface area contributed by atoms with Crippen LogP contribution in [0.3, 0.4) is 0 Å². The molecule has 0 saturated heterocycles. The van der Waals surface area contributed by atoms with Gasteiger partial charge in [-0.05, 0) is 24.3 Å². The van der Waals surface area contributed by atoms with Gasteiger partial charge in [-0.1, -0.05) is 36.4 Å². The highest BCUT2D eigenvalue weighted by Crippen LogP contribution is 2.51. The first-order valence-electron chi connectivity index (χ1n) is 7.98. The van der Waals surface area contributed by atoms with Gasteiger partial charge in [0.25, 0.3) is 11.5 Å². The number of benzene rings is 3. The van der Waals surface area contributed by atoms with Crippen molar-refractivity contribution < 1.29 is 24.2 Å². The number of nitro benzene ring substituents is 3. The Morgan fingerprint density at radius 3 is 1.28 bits per heavy atom. The van der Waals surface area contributed by atoms with Crippen molar-refractivity contribution in [2.24, 2.45) is 0 Å². The maximum Gasteiger partial charge on any atom is 0.368 e. The first kappa shape index (κ1) is 19.2. The van der Waals surface area contributed by atoms with Crippen LogP contribution < -0.4 is 9.47 Å². The van der Waals surface area contributed by atoms with Crippen molar-refractivity contribution in [2.75, 3.05) is 0 Å². The van der Waals surface area contributed by atoms with E-state index in [1.165, 1.54) is 24.3 Å². The highest BCUT2D eigenvalue weighted by atomic mass is 16.6. The van der Waals surface area contributed by atoms with Gasteiger partial charge in [0.15, 0.2) is 0 Å². The Labute approximate surface area is 162 Å². The third-order valence-corrected chi connectivity index (χ3v) is 3.67. The molecule has 0 aliphatic carbocycles. The lowest BCUT2D eigenvalue weighted by Crippen LogP contribution is -2.04. The van der Waals surface area contributed by atoms with E-state index in [1.807, 2.05) is 0 Å². The van der Waals surface area contributed by atoms with Crippen LogP contribution in [-0.2, 0) is 0 Å². The molecule has 29 heavy (non-hydrogen) atoms. The monoisotopic (exact) mass is 397 g/mol. The van der Waals surface area contributed by atoms with Crippen molar-refractivity contribution in [3.05, 3.63) is 97.1 Å². The summed E-state index contributed by atoms with van der Waals surface area (Å²) in [5, 5.41) is 34.7. The average molecular weight is 397 g/mol. The zero-order valence-corrected chi connectivity index (χ0v) is 14.5. The topological polar surface area (TPSA) is 148 Å². The summed E-state index contributed by atoms with van der Waals surface area (Å²) in [5.41, 5.74) is -2.90. The zero-order valence-electron chi connectivity index (χ0n) is 14.5. The minimum atomic E-state index is -1.03. The number of nitro groups is 3. The Morgan fingerprint density at radius 1 is 0.586 bits per heavy atom. The Hall–Kier alpha value is -4.54. The number of hydrogen-bond donors (Lipinski definition) is 0. The van der Waals surface area contributed by atoms with E-state index >= 15 is 0 Å². The highest BCUT2D eigenvalue weighted by molar-refractivity contribution is 5.76. The Bertz CT molecular complexity index is 1010. The lowest BCUT2D eigenvalue weighted by atomic mass is 10.2. The molecular weight excluding hydrogens is 386 g/mol. The van der Waals surface area contributed by atoms with Gasteiger partial charge >= 0.3 is 17.1 Å². The summed E-state index contributed by atoms with van der Waals surface area (Å²) in [6.07, 6.45) is 0. The van der Waals surface area contributed by atoms with Crippen LogP contribution in [0.15, 0.2) is 66.7 Å². The Balaban J connectivity index is 2.30. The fourth-order valence-corrected chi connectivity index (χ4v) is 2.46. The largest absolute Gasteiger partial charge is 0.444 e. The Kier molecular flexibility index (Phi) is 5.30. The summed E-state index contributed by atoms with van der Waals surface area (Å²) < 4.78 is 10.8. The van der Waals surface area contributed by atoms with Crippen LogP contribution in [0.1, 0.15) is 0 Å². The second-order valence-electron chi connectivity index (χ2n) is 5.52. The number of para-hydroxylation sites is 2. The number of rotatable bonds is 7. The molecule has 0 radical (unpaired) electrons. The third-order valence-electron chi connectivity index (χ3n) is 3.67. The number of ether oxygens (including phenoxy) is 2. The van der Waals surface area contributed by atoms with E-state index in [9.17, 15) is 30.3 Å². The van der Waals surface area contributed by atoms with Crippen molar-refractivity contribution >= 4 is 17.1 Å². The molecule has 11 nitrogen and oxygen atoms in total. The van der Waals surface area contributed by atoms with E-state index in [0.29, 0.717) is 6.07 Å². The fourth-order valence-electron chi connectivity index (χ4n) is 2.46. The molecule has 0 unspecified atom stereocenters. The smallest absolute Gasteiger partial charge is 0.368 e. The Morgan fingerprint density at radius 2 is 0.966 bits per heavy atom. The second-order valence-corrected chi connectivity index (χ2v) is 5.52. The summed E-state index contributed by atoms with van der Waals surface area (Å²) in [6, 6.07) is 15.8. The van der Waals surface area contributed by atoms with Crippen LogP contribution in [0.5, 0.6) is 23.0 Å². The van der Waals surface area contributed by atoms with Gasteiger partial charge in [0.1, 0.15) is 17.6 Å². The molecule has 0 saturated carbocycles. The lowest BCUT2D eigenvalue weighted by Gasteiger charge is -2.11. The van der Waals surface area contributed by atoms with Gasteiger partial charge in [0.2, 0.25) is 0 Å². The minimum Gasteiger partial charge on any atom is -0.444 e. The van der Waals surface area contributed by atoms with Gasteiger partial charge in [-0.25, -0.2) is 0 Å². The van der Waals surface area contributed by atoms with Gasteiger partial charge in [0.05, 0.1) is 14.8 Å². The third kappa shape index (κ3) is 4.08. The molecule has 0 aromatic heterocycles. The SMILES string of the molecule is O=[N+]([O-])c1cc([N+](=O)[O-])c(Oc2ccccc2)c([N+](=O)[O-])c1Oc1ccccc1. The van der Waals surface area contributed by atoms with Gasteiger partial charge in [0, 0.05) is 0 Å². The van der Waals surface area contributed by atoms with Gasteiger partial charge in [-0.2, -0.15) is 0 Å². The van der Waals surface area contributed by atoms with E-state index in [-0.39, 0.29) is 11.5 Å². The number of hydrogen-bond acceptors (Lipinski definition) is 8. The molecule has 146 valence electrons. The van der Waals surface area contributed by atoms with E-state index in [0.717, 1.165) is 0 Å². The summed E-state index contributed by atoms with van der Waals surface area (Å²) >= 11 is 0. The van der Waals surface area contributed by atoms with Crippen LogP contribution in [0.25, 0.3) is 0 Å². The van der Waals surface area contributed by atoms with Crippen LogP contribution in [0.4, 0.5) is 17.1 Å². The second kappa shape index (κ2) is 8.00. The average Bonchev–Trinajstić information content (AvgIpc) is 2.69. The normalized spacial score (nSPS) is 10.2. The number of nitrogens with zero attached hydrogens (tertiary/aromatic N) is 3.